The number of ether oxygens (including phenoxy) is 1. The highest BCUT2D eigenvalue weighted by Crippen LogP contribution is 2.09. The second-order valence-corrected chi connectivity index (χ2v) is 6.98. The van der Waals surface area contributed by atoms with Gasteiger partial charge in [-0.1, -0.05) is 12.2 Å². The molecule has 2 atom stereocenters. The number of carboxylic acids is 2. The quantitative estimate of drug-likeness (QED) is 0.263. The first-order valence-electron chi connectivity index (χ1n) is 8.26. The molecule has 0 fully saturated rings. The molecule has 0 aromatic rings. The van der Waals surface area contributed by atoms with Crippen LogP contribution in [-0.2, 0) is 19.1 Å². The zero-order valence-electron chi connectivity index (χ0n) is 15.1. The van der Waals surface area contributed by atoms with Crippen LogP contribution in [0.2, 0.25) is 0 Å². The molecule has 0 heterocycles. The first-order chi connectivity index (χ1) is 11.5. The number of carbonyl (C=O) groups is 3. The normalized spacial score (nSPS) is 14.2. The van der Waals surface area contributed by atoms with Gasteiger partial charge in [-0.15, -0.1) is 0 Å². The number of carboxylic acid groups (broad SMARTS) is 2. The van der Waals surface area contributed by atoms with Crippen LogP contribution in [0.15, 0.2) is 12.2 Å². The van der Waals surface area contributed by atoms with E-state index in [0.29, 0.717) is 30.3 Å². The van der Waals surface area contributed by atoms with Gasteiger partial charge < -0.3 is 29.3 Å². The van der Waals surface area contributed by atoms with Crippen LogP contribution in [0, 0.1) is 0 Å². The summed E-state index contributed by atoms with van der Waals surface area (Å²) in [5.41, 5.74) is 0. The maximum Gasteiger partial charge on any atom is 0.306 e. The number of quaternary nitrogens is 1. The average molecular weight is 359 g/mol. The zero-order chi connectivity index (χ0) is 19.5. The lowest BCUT2D eigenvalue weighted by atomic mass is 10.1. The fourth-order valence-electron chi connectivity index (χ4n) is 2.20. The van der Waals surface area contributed by atoms with E-state index in [0.717, 1.165) is 0 Å². The Morgan fingerprint density at radius 3 is 2.36 bits per heavy atom. The number of hydrogen-bond donors (Lipinski definition) is 2. The SMILES string of the molecule is C[N+](C)(C)CC(CC(=O)[O-])OC(=O)CCCC(O)/C=C/CCC(=O)O. The summed E-state index contributed by atoms with van der Waals surface area (Å²) in [6.45, 7) is 0.356. The summed E-state index contributed by atoms with van der Waals surface area (Å²) in [6, 6.07) is 0. The van der Waals surface area contributed by atoms with Crippen molar-refractivity contribution in [3.63, 3.8) is 0 Å². The van der Waals surface area contributed by atoms with Gasteiger partial charge in [-0.05, 0) is 19.3 Å². The van der Waals surface area contributed by atoms with Gasteiger partial charge >= 0.3 is 11.9 Å². The largest absolute Gasteiger partial charge is 0.550 e. The van der Waals surface area contributed by atoms with Gasteiger partial charge in [0, 0.05) is 25.2 Å². The van der Waals surface area contributed by atoms with E-state index < -0.39 is 30.1 Å². The van der Waals surface area contributed by atoms with Crippen LogP contribution in [0.3, 0.4) is 0 Å². The fraction of sp³-hybridized carbons (Fsp3) is 0.706. The van der Waals surface area contributed by atoms with E-state index in [4.69, 9.17) is 9.84 Å². The van der Waals surface area contributed by atoms with Crippen LogP contribution >= 0.6 is 0 Å². The number of likely N-dealkylation sites (N-methyl/N-ethyl adjacent to an activating group) is 1. The van der Waals surface area contributed by atoms with Crippen LogP contribution in [0.1, 0.15) is 38.5 Å². The number of aliphatic hydroxyl groups is 1. The highest BCUT2D eigenvalue weighted by atomic mass is 16.5. The molecule has 0 aliphatic heterocycles. The van der Waals surface area contributed by atoms with E-state index in [9.17, 15) is 24.6 Å². The molecule has 0 radical (unpaired) electrons. The summed E-state index contributed by atoms with van der Waals surface area (Å²) in [7, 11) is 5.59. The van der Waals surface area contributed by atoms with E-state index >= 15 is 0 Å². The Morgan fingerprint density at radius 1 is 1.20 bits per heavy atom. The molecular weight excluding hydrogens is 330 g/mol. The van der Waals surface area contributed by atoms with Crippen molar-refractivity contribution in [3.05, 3.63) is 12.2 Å². The lowest BCUT2D eigenvalue weighted by Crippen LogP contribution is -2.45. The molecule has 0 amide bonds. The van der Waals surface area contributed by atoms with Gasteiger partial charge in [0.1, 0.15) is 6.54 Å². The Labute approximate surface area is 148 Å². The second-order valence-electron chi connectivity index (χ2n) is 6.98. The number of allylic oxidation sites excluding steroid dienone is 1. The van der Waals surface area contributed by atoms with Crippen molar-refractivity contribution in [2.75, 3.05) is 27.7 Å². The molecule has 0 spiro atoms. The Bertz CT molecular complexity index is 468. The molecule has 0 saturated heterocycles. The third-order valence-electron chi connectivity index (χ3n) is 3.21. The van der Waals surface area contributed by atoms with Crippen molar-refractivity contribution in [2.45, 2.75) is 50.7 Å². The van der Waals surface area contributed by atoms with Crippen molar-refractivity contribution in [3.8, 4) is 0 Å². The van der Waals surface area contributed by atoms with E-state index in [2.05, 4.69) is 0 Å². The van der Waals surface area contributed by atoms with Crippen molar-refractivity contribution in [1.82, 2.24) is 0 Å². The van der Waals surface area contributed by atoms with Crippen molar-refractivity contribution in [2.24, 2.45) is 0 Å². The topological polar surface area (TPSA) is 124 Å². The molecule has 2 unspecified atom stereocenters. The standard InChI is InChI=1S/C17H29NO7/c1-18(2,3)12-14(11-16(22)23)25-17(24)10-6-8-13(19)7-4-5-9-15(20)21/h4,7,13-14,19H,5-6,8-12H2,1-3H3,(H-,20,21,22,23)/b7-4+. The predicted molar refractivity (Wildman–Crippen MR) is 88.3 cm³/mol. The Balaban J connectivity index is 4.17. The number of rotatable bonds is 13. The van der Waals surface area contributed by atoms with E-state index in [1.165, 1.54) is 6.08 Å². The highest BCUT2D eigenvalue weighted by molar-refractivity contribution is 5.70. The molecule has 144 valence electrons. The first-order valence-corrected chi connectivity index (χ1v) is 8.26. The van der Waals surface area contributed by atoms with Crippen molar-refractivity contribution < 1.29 is 38.9 Å². The van der Waals surface area contributed by atoms with E-state index in [1.54, 1.807) is 6.08 Å². The predicted octanol–water partition coefficient (Wildman–Crippen LogP) is -0.303. The first kappa shape index (κ1) is 23.1. The van der Waals surface area contributed by atoms with Gasteiger partial charge in [0.25, 0.3) is 0 Å². The molecule has 0 aliphatic rings. The Kier molecular flexibility index (Phi) is 10.7. The van der Waals surface area contributed by atoms with E-state index in [1.807, 2.05) is 21.1 Å². The molecule has 0 saturated carbocycles. The molecular formula is C17H29NO7. The summed E-state index contributed by atoms with van der Waals surface area (Å²) >= 11 is 0. The summed E-state index contributed by atoms with van der Waals surface area (Å²) in [6.07, 6.45) is 2.36. The van der Waals surface area contributed by atoms with Crippen LogP contribution in [0.25, 0.3) is 0 Å². The summed E-state index contributed by atoms with van der Waals surface area (Å²) in [4.78, 5) is 32.9. The molecule has 0 bridgehead atoms. The molecule has 8 heteroatoms. The van der Waals surface area contributed by atoms with Crippen LogP contribution < -0.4 is 5.11 Å². The smallest absolute Gasteiger partial charge is 0.306 e. The number of carbonyl (C=O) groups excluding carboxylic acids is 2. The zero-order valence-corrected chi connectivity index (χ0v) is 15.1. The molecule has 0 rings (SSSR count). The molecule has 0 aliphatic carbocycles. The number of hydrogen-bond acceptors (Lipinski definition) is 6. The van der Waals surface area contributed by atoms with Gasteiger partial charge in [-0.25, -0.2) is 0 Å². The number of esters is 1. The lowest BCUT2D eigenvalue weighted by Gasteiger charge is -2.29. The maximum atomic E-state index is 11.8. The molecule has 0 aromatic heterocycles. The Hall–Kier alpha value is -1.93. The van der Waals surface area contributed by atoms with Gasteiger partial charge in [-0.2, -0.15) is 0 Å². The number of nitrogens with zero attached hydrogens (tertiary/aromatic N) is 1. The summed E-state index contributed by atoms with van der Waals surface area (Å²) in [5.74, 6) is -2.68. The third-order valence-corrected chi connectivity index (χ3v) is 3.21. The third kappa shape index (κ3) is 15.3. The minimum atomic E-state index is -1.27. The lowest BCUT2D eigenvalue weighted by molar-refractivity contribution is -0.873. The minimum absolute atomic E-state index is 0.00164. The Morgan fingerprint density at radius 2 is 1.84 bits per heavy atom. The van der Waals surface area contributed by atoms with Gasteiger partial charge in [0.2, 0.25) is 0 Å². The van der Waals surface area contributed by atoms with Crippen LogP contribution in [-0.4, -0.2) is 72.5 Å². The minimum Gasteiger partial charge on any atom is -0.550 e. The van der Waals surface area contributed by atoms with Gasteiger partial charge in [0.15, 0.2) is 6.10 Å². The monoisotopic (exact) mass is 359 g/mol. The van der Waals surface area contributed by atoms with E-state index in [-0.39, 0.29) is 19.3 Å². The van der Waals surface area contributed by atoms with Crippen molar-refractivity contribution in [1.29, 1.82) is 0 Å². The van der Waals surface area contributed by atoms with Crippen LogP contribution in [0.5, 0.6) is 0 Å². The van der Waals surface area contributed by atoms with Crippen LogP contribution in [0.4, 0.5) is 0 Å². The van der Waals surface area contributed by atoms with Crippen molar-refractivity contribution >= 4 is 17.9 Å². The molecule has 2 N–H and O–H groups in total. The highest BCUT2D eigenvalue weighted by Gasteiger charge is 2.22. The van der Waals surface area contributed by atoms with Gasteiger partial charge in [-0.3, -0.25) is 9.59 Å². The number of aliphatic hydroxyl groups excluding tert-OH is 1. The summed E-state index contributed by atoms with van der Waals surface area (Å²) < 4.78 is 5.65. The molecule has 8 nitrogen and oxygen atoms in total. The fourth-order valence-corrected chi connectivity index (χ4v) is 2.20. The molecule has 25 heavy (non-hydrogen) atoms. The van der Waals surface area contributed by atoms with Gasteiger partial charge in [0.05, 0.1) is 27.2 Å². The second kappa shape index (κ2) is 11.6. The number of aliphatic carboxylic acids is 2. The maximum absolute atomic E-state index is 11.8. The average Bonchev–Trinajstić information content (AvgIpc) is 2.40. The summed E-state index contributed by atoms with van der Waals surface area (Å²) in [5, 5.41) is 29.0. The molecule has 0 aromatic carbocycles.